The monoisotopic (exact) mass is 455 g/mol. The van der Waals surface area contributed by atoms with Gasteiger partial charge in [0.2, 0.25) is 5.91 Å². The van der Waals surface area contributed by atoms with E-state index in [-0.39, 0.29) is 29.2 Å². The molecule has 3 rings (SSSR count). The van der Waals surface area contributed by atoms with E-state index >= 15 is 0 Å². The SMILES string of the molecule is C[C@@H](CO)c1cc(F)c(CC(=O)NC2CC2(NC(=O)c2ccccn2)C(F)(F)F)cc1O. The lowest BCUT2D eigenvalue weighted by Crippen LogP contribution is -2.53. The van der Waals surface area contributed by atoms with Crippen LogP contribution in [-0.2, 0) is 11.2 Å². The van der Waals surface area contributed by atoms with Gasteiger partial charge in [-0.1, -0.05) is 13.0 Å². The maximum absolute atomic E-state index is 14.3. The summed E-state index contributed by atoms with van der Waals surface area (Å²) >= 11 is 0. The zero-order valence-electron chi connectivity index (χ0n) is 16.9. The third kappa shape index (κ3) is 4.67. The molecule has 1 aliphatic carbocycles. The number of carbonyl (C=O) groups excluding carboxylic acids is 2. The minimum atomic E-state index is -4.85. The highest BCUT2D eigenvalue weighted by Gasteiger charge is 2.72. The molecule has 0 radical (unpaired) electrons. The second kappa shape index (κ2) is 8.73. The van der Waals surface area contributed by atoms with Crippen molar-refractivity contribution in [2.24, 2.45) is 0 Å². The number of nitrogens with zero attached hydrogens (tertiary/aromatic N) is 1. The molecule has 0 saturated heterocycles. The highest BCUT2D eigenvalue weighted by Crippen LogP contribution is 2.49. The summed E-state index contributed by atoms with van der Waals surface area (Å²) in [6.45, 7) is 1.22. The lowest BCUT2D eigenvalue weighted by molar-refractivity contribution is -0.165. The summed E-state index contributed by atoms with van der Waals surface area (Å²) in [5.41, 5.74) is -2.93. The Kier molecular flexibility index (Phi) is 6.40. The van der Waals surface area contributed by atoms with Gasteiger partial charge in [0.25, 0.3) is 5.91 Å². The fourth-order valence-electron chi connectivity index (χ4n) is 3.39. The standard InChI is InChI=1S/C21H21F4N3O4/c1-11(10-29)13-8-14(22)12(6-16(13)30)7-18(31)27-17-9-20(17,21(23,24)25)28-19(32)15-4-2-3-5-26-15/h2-6,8,11,17,29-30H,7,9-10H2,1H3,(H,27,31)(H,28,32)/t11-,17?,20?/m0/s1. The molecule has 3 atom stereocenters. The first kappa shape index (κ1) is 23.5. The number of aliphatic hydroxyl groups is 1. The number of halogens is 4. The average molecular weight is 455 g/mol. The van der Waals surface area contributed by atoms with Gasteiger partial charge in [0, 0.05) is 36.3 Å². The van der Waals surface area contributed by atoms with E-state index in [4.69, 9.17) is 5.11 Å². The smallest absolute Gasteiger partial charge is 0.413 e. The first-order valence-electron chi connectivity index (χ1n) is 9.70. The Balaban J connectivity index is 1.70. The average Bonchev–Trinajstić information content (AvgIpc) is 3.43. The molecule has 1 heterocycles. The van der Waals surface area contributed by atoms with E-state index in [1.54, 1.807) is 6.92 Å². The summed E-state index contributed by atoms with van der Waals surface area (Å²) in [5.74, 6) is -3.67. The lowest BCUT2D eigenvalue weighted by atomic mass is 9.98. The van der Waals surface area contributed by atoms with Crippen LogP contribution < -0.4 is 10.6 Å². The van der Waals surface area contributed by atoms with Gasteiger partial charge in [0.1, 0.15) is 17.3 Å². The van der Waals surface area contributed by atoms with Gasteiger partial charge in [0.05, 0.1) is 12.5 Å². The van der Waals surface area contributed by atoms with Crippen LogP contribution in [0.4, 0.5) is 17.6 Å². The largest absolute Gasteiger partial charge is 0.508 e. The molecule has 1 fully saturated rings. The molecular formula is C21H21F4N3O4. The van der Waals surface area contributed by atoms with E-state index in [1.165, 1.54) is 24.4 Å². The highest BCUT2D eigenvalue weighted by atomic mass is 19.4. The Labute approximate surface area is 180 Å². The fourth-order valence-corrected chi connectivity index (χ4v) is 3.39. The van der Waals surface area contributed by atoms with Crippen LogP contribution in [0, 0.1) is 5.82 Å². The third-order valence-electron chi connectivity index (χ3n) is 5.39. The molecule has 1 aliphatic rings. The molecule has 11 heteroatoms. The van der Waals surface area contributed by atoms with Gasteiger partial charge in [0.15, 0.2) is 5.54 Å². The molecule has 172 valence electrons. The van der Waals surface area contributed by atoms with Crippen LogP contribution in [0.1, 0.15) is 40.9 Å². The zero-order chi connectivity index (χ0) is 23.7. The maximum atomic E-state index is 14.3. The Morgan fingerprint density at radius 3 is 2.62 bits per heavy atom. The molecular weight excluding hydrogens is 434 g/mol. The van der Waals surface area contributed by atoms with Crippen LogP contribution in [0.25, 0.3) is 0 Å². The minimum Gasteiger partial charge on any atom is -0.508 e. The summed E-state index contributed by atoms with van der Waals surface area (Å²) < 4.78 is 55.3. The van der Waals surface area contributed by atoms with E-state index < -0.39 is 54.1 Å². The summed E-state index contributed by atoms with van der Waals surface area (Å²) in [4.78, 5) is 28.2. The van der Waals surface area contributed by atoms with Crippen LogP contribution in [0.3, 0.4) is 0 Å². The van der Waals surface area contributed by atoms with E-state index in [1.807, 2.05) is 5.32 Å². The second-order valence-corrected chi connectivity index (χ2v) is 7.73. The molecule has 2 unspecified atom stereocenters. The summed E-state index contributed by atoms with van der Waals surface area (Å²) in [7, 11) is 0. The predicted molar refractivity (Wildman–Crippen MR) is 104 cm³/mol. The van der Waals surface area contributed by atoms with Gasteiger partial charge < -0.3 is 20.8 Å². The van der Waals surface area contributed by atoms with Gasteiger partial charge >= 0.3 is 6.18 Å². The van der Waals surface area contributed by atoms with Gasteiger partial charge in [-0.2, -0.15) is 13.2 Å². The molecule has 0 bridgehead atoms. The van der Waals surface area contributed by atoms with Crippen molar-refractivity contribution in [3.63, 3.8) is 0 Å². The third-order valence-corrected chi connectivity index (χ3v) is 5.39. The van der Waals surface area contributed by atoms with Crippen molar-refractivity contribution < 1.29 is 37.4 Å². The first-order valence-corrected chi connectivity index (χ1v) is 9.70. The van der Waals surface area contributed by atoms with Crippen molar-refractivity contribution in [2.45, 2.75) is 43.4 Å². The number of pyridine rings is 1. The highest BCUT2D eigenvalue weighted by molar-refractivity contribution is 5.93. The van der Waals surface area contributed by atoms with Gasteiger partial charge in [-0.15, -0.1) is 0 Å². The Hall–Kier alpha value is -3.21. The van der Waals surface area contributed by atoms with Crippen molar-refractivity contribution in [1.29, 1.82) is 0 Å². The summed E-state index contributed by atoms with van der Waals surface area (Å²) in [6, 6.07) is 4.75. The number of aromatic nitrogens is 1. The molecule has 2 aromatic rings. The van der Waals surface area contributed by atoms with Crippen molar-refractivity contribution in [2.75, 3.05) is 6.61 Å². The molecule has 2 amide bonds. The molecule has 1 saturated carbocycles. The number of carbonyl (C=O) groups is 2. The van der Waals surface area contributed by atoms with Gasteiger partial charge in [-0.3, -0.25) is 14.6 Å². The number of hydrogen-bond donors (Lipinski definition) is 4. The number of amides is 2. The Morgan fingerprint density at radius 1 is 1.31 bits per heavy atom. The number of rotatable bonds is 7. The normalized spacial score (nSPS) is 21.0. The molecule has 1 aromatic heterocycles. The first-order chi connectivity index (χ1) is 15.0. The van der Waals surface area contributed by atoms with E-state index in [9.17, 15) is 32.3 Å². The molecule has 1 aromatic carbocycles. The second-order valence-electron chi connectivity index (χ2n) is 7.73. The predicted octanol–water partition coefficient (Wildman–Crippen LogP) is 2.18. The lowest BCUT2D eigenvalue weighted by Gasteiger charge is -2.22. The topological polar surface area (TPSA) is 112 Å². The number of hydrogen-bond acceptors (Lipinski definition) is 5. The molecule has 0 spiro atoms. The van der Waals surface area contributed by atoms with Crippen LogP contribution >= 0.6 is 0 Å². The van der Waals surface area contributed by atoms with Crippen molar-refractivity contribution in [3.05, 3.63) is 59.2 Å². The Morgan fingerprint density at radius 2 is 2.03 bits per heavy atom. The number of aromatic hydroxyl groups is 1. The van der Waals surface area contributed by atoms with Crippen molar-refractivity contribution in [1.82, 2.24) is 15.6 Å². The number of aliphatic hydroxyl groups excluding tert-OH is 1. The quantitative estimate of drug-likeness (QED) is 0.479. The van der Waals surface area contributed by atoms with E-state index in [0.29, 0.717) is 0 Å². The zero-order valence-corrected chi connectivity index (χ0v) is 16.9. The maximum Gasteiger partial charge on any atom is 0.413 e. The Bertz CT molecular complexity index is 1020. The summed E-state index contributed by atoms with van der Waals surface area (Å²) in [6.07, 6.45) is -4.79. The van der Waals surface area contributed by atoms with E-state index in [0.717, 1.165) is 12.1 Å². The molecule has 32 heavy (non-hydrogen) atoms. The molecule has 4 N–H and O–H groups in total. The fraction of sp³-hybridized carbons (Fsp3) is 0.381. The van der Waals surface area contributed by atoms with Crippen LogP contribution in [0.15, 0.2) is 36.5 Å². The molecule has 0 aliphatic heterocycles. The van der Waals surface area contributed by atoms with Gasteiger partial charge in [-0.05, 0) is 24.3 Å². The van der Waals surface area contributed by atoms with E-state index in [2.05, 4.69) is 10.3 Å². The van der Waals surface area contributed by atoms with Crippen molar-refractivity contribution >= 4 is 11.8 Å². The van der Waals surface area contributed by atoms with Crippen LogP contribution in [0.2, 0.25) is 0 Å². The minimum absolute atomic E-state index is 0.143. The van der Waals surface area contributed by atoms with Crippen LogP contribution in [0.5, 0.6) is 5.75 Å². The van der Waals surface area contributed by atoms with Crippen LogP contribution in [-0.4, -0.2) is 51.4 Å². The van der Waals surface area contributed by atoms with Crippen molar-refractivity contribution in [3.8, 4) is 5.75 Å². The number of benzene rings is 1. The number of alkyl halides is 3. The van der Waals surface area contributed by atoms with Gasteiger partial charge in [-0.25, -0.2) is 4.39 Å². The number of phenols is 1. The summed E-state index contributed by atoms with van der Waals surface area (Å²) in [5, 5.41) is 23.2. The number of phenolic OH excluding ortho intramolecular Hbond substituents is 1. The number of nitrogens with one attached hydrogen (secondary N) is 2. The molecule has 7 nitrogen and oxygen atoms in total.